The summed E-state index contributed by atoms with van der Waals surface area (Å²) in [5.41, 5.74) is -0.212. The minimum atomic E-state index is -0.869. The zero-order chi connectivity index (χ0) is 16.0. The maximum atomic E-state index is 12.6. The molecule has 1 aromatic rings. The molecular weight excluding hydrogens is 264 g/mol. The number of hydrogen-bond donors (Lipinski definition) is 0. The zero-order valence-corrected chi connectivity index (χ0v) is 12.6. The van der Waals surface area contributed by atoms with E-state index in [2.05, 4.69) is 11.8 Å². The lowest BCUT2D eigenvalue weighted by Gasteiger charge is -2.32. The summed E-state index contributed by atoms with van der Waals surface area (Å²) < 4.78 is 0.746. The van der Waals surface area contributed by atoms with Crippen LogP contribution in [0, 0.1) is 29.9 Å². The van der Waals surface area contributed by atoms with Crippen molar-refractivity contribution in [3.05, 3.63) is 40.1 Å². The highest BCUT2D eigenvalue weighted by Gasteiger charge is 2.59. The number of amidine groups is 1. The van der Waals surface area contributed by atoms with Gasteiger partial charge in [0, 0.05) is 16.3 Å². The van der Waals surface area contributed by atoms with Crippen LogP contribution in [-0.4, -0.2) is 26.7 Å². The van der Waals surface area contributed by atoms with Crippen LogP contribution < -0.4 is 0 Å². The van der Waals surface area contributed by atoms with E-state index < -0.39 is 11.1 Å². The Kier molecular flexibility index (Phi) is 3.24. The average molecular weight is 281 g/mol. The van der Waals surface area contributed by atoms with E-state index in [1.807, 2.05) is 0 Å². The summed E-state index contributed by atoms with van der Waals surface area (Å²) in [6.07, 6.45) is 10.8. The Labute approximate surface area is 125 Å². The summed E-state index contributed by atoms with van der Waals surface area (Å²) >= 11 is 0. The highest BCUT2D eigenvalue weighted by atomic mass is 16.5. The molecule has 0 amide bonds. The number of nitrogens with zero attached hydrogens (tertiary/aromatic N) is 2. The van der Waals surface area contributed by atoms with E-state index in [-0.39, 0.29) is 5.84 Å². The molecule has 0 aliphatic carbocycles. The first kappa shape index (κ1) is 15.0. The molecule has 0 unspecified atom stereocenters. The zero-order valence-electron chi connectivity index (χ0n) is 12.6. The fourth-order valence-electron chi connectivity index (χ4n) is 2.27. The van der Waals surface area contributed by atoms with E-state index in [9.17, 15) is 10.4 Å². The molecule has 0 spiro atoms. The van der Waals surface area contributed by atoms with Crippen LogP contribution >= 0.6 is 0 Å². The van der Waals surface area contributed by atoms with Crippen LogP contribution in [-0.2, 0) is 5.21 Å². The number of hydroxylamine groups is 3. The second-order valence-corrected chi connectivity index (χ2v) is 6.12. The van der Waals surface area contributed by atoms with Crippen LogP contribution in [0.3, 0.4) is 0 Å². The van der Waals surface area contributed by atoms with Gasteiger partial charge in [0.2, 0.25) is 0 Å². The Bertz CT molecular complexity index is 683. The third-order valence-electron chi connectivity index (χ3n) is 4.42. The van der Waals surface area contributed by atoms with Crippen LogP contribution in [0.1, 0.15) is 44.4 Å². The van der Waals surface area contributed by atoms with Gasteiger partial charge in [-0.25, -0.2) is 0 Å². The summed E-state index contributed by atoms with van der Waals surface area (Å²) in [7, 11) is 0. The van der Waals surface area contributed by atoms with Gasteiger partial charge in [0.1, 0.15) is 5.54 Å². The number of benzene rings is 1. The summed E-state index contributed by atoms with van der Waals surface area (Å²) in [6.45, 7) is 6.96. The van der Waals surface area contributed by atoms with Gasteiger partial charge in [-0.3, -0.25) is 4.74 Å². The van der Waals surface area contributed by atoms with Gasteiger partial charge in [-0.15, -0.1) is 12.8 Å². The summed E-state index contributed by atoms with van der Waals surface area (Å²) in [5.74, 6) is 5.01. The topological polar surface area (TPSA) is 49.2 Å². The van der Waals surface area contributed by atoms with E-state index in [0.29, 0.717) is 16.7 Å². The fourth-order valence-corrected chi connectivity index (χ4v) is 2.27. The van der Waals surface area contributed by atoms with Crippen molar-refractivity contribution < 1.29 is 9.95 Å². The van der Waals surface area contributed by atoms with E-state index in [1.165, 1.54) is 0 Å². The average Bonchev–Trinajstić information content (AvgIpc) is 2.56. The molecule has 0 atom stereocenters. The Balaban J connectivity index is 2.71. The summed E-state index contributed by atoms with van der Waals surface area (Å²) in [4.78, 5) is 0. The second-order valence-electron chi connectivity index (χ2n) is 6.12. The molecule has 4 heteroatoms. The van der Waals surface area contributed by atoms with Crippen molar-refractivity contribution >= 4 is 5.84 Å². The van der Waals surface area contributed by atoms with E-state index in [4.69, 9.17) is 12.8 Å². The molecule has 21 heavy (non-hydrogen) atoms. The molecule has 1 aliphatic rings. The van der Waals surface area contributed by atoms with Gasteiger partial charge < -0.3 is 5.21 Å². The van der Waals surface area contributed by atoms with Crippen molar-refractivity contribution in [3.63, 3.8) is 0 Å². The second kappa shape index (κ2) is 4.55. The monoisotopic (exact) mass is 281 g/mol. The Morgan fingerprint density at radius 2 is 1.57 bits per heavy atom. The molecule has 107 valence electrons. The number of hydrogen-bond acceptors (Lipinski definition) is 2. The van der Waals surface area contributed by atoms with Crippen LogP contribution in [0.4, 0.5) is 0 Å². The lowest BCUT2D eigenvalue weighted by molar-refractivity contribution is -0.539. The lowest BCUT2D eigenvalue weighted by Crippen LogP contribution is -2.53. The molecule has 1 aromatic carbocycles. The van der Waals surface area contributed by atoms with Gasteiger partial charge in [-0.05, 0) is 45.9 Å². The normalized spacial score (nSPS) is 19.3. The molecule has 4 nitrogen and oxygen atoms in total. The summed E-state index contributed by atoms with van der Waals surface area (Å²) in [5, 5.41) is 25.9. The maximum Gasteiger partial charge on any atom is 0.316 e. The van der Waals surface area contributed by atoms with Gasteiger partial charge in [0.15, 0.2) is 5.54 Å². The van der Waals surface area contributed by atoms with Gasteiger partial charge in [0.25, 0.3) is 0 Å². The lowest BCUT2D eigenvalue weighted by atomic mass is 9.84. The number of terminal acetylenes is 2. The molecule has 0 bridgehead atoms. The van der Waals surface area contributed by atoms with Crippen LogP contribution in [0.5, 0.6) is 0 Å². The van der Waals surface area contributed by atoms with Crippen LogP contribution in [0.15, 0.2) is 18.2 Å². The van der Waals surface area contributed by atoms with Crippen LogP contribution in [0.25, 0.3) is 0 Å². The molecule has 0 saturated carbocycles. The minimum absolute atomic E-state index is 0.0404. The van der Waals surface area contributed by atoms with Gasteiger partial charge in [-0.2, -0.15) is 0 Å². The highest BCUT2D eigenvalue weighted by molar-refractivity contribution is 5.96. The standard InChI is InChI=1S/C17H17N2O2/c1-7-12-9-13(8-2)11-14(10-12)15-18(20)16(3,4)17(5,6)19(15)21/h1-2,9-11H,3-6H3. The Morgan fingerprint density at radius 1 is 1.10 bits per heavy atom. The van der Waals surface area contributed by atoms with Crippen molar-refractivity contribution in [2.75, 3.05) is 0 Å². The minimum Gasteiger partial charge on any atom is -0.714 e. The van der Waals surface area contributed by atoms with Crippen molar-refractivity contribution in [2.45, 2.75) is 38.8 Å². The SMILES string of the molecule is C#Cc1cc(C#C)cc(C2=[N+]([O-])C(C)(C)C(C)(C)N2[O])c1. The maximum absolute atomic E-state index is 12.6. The number of rotatable bonds is 1. The Morgan fingerprint density at radius 3 is 1.90 bits per heavy atom. The predicted molar refractivity (Wildman–Crippen MR) is 80.7 cm³/mol. The van der Waals surface area contributed by atoms with Crippen molar-refractivity contribution in [3.8, 4) is 24.7 Å². The fraction of sp³-hybridized carbons (Fsp3) is 0.353. The van der Waals surface area contributed by atoms with Crippen molar-refractivity contribution in [1.82, 2.24) is 5.06 Å². The first-order chi connectivity index (χ1) is 9.66. The van der Waals surface area contributed by atoms with Crippen molar-refractivity contribution in [2.24, 2.45) is 0 Å². The molecule has 0 saturated heterocycles. The molecule has 0 fully saturated rings. The molecule has 1 radical (unpaired) electrons. The van der Waals surface area contributed by atoms with E-state index in [0.717, 1.165) is 9.80 Å². The third kappa shape index (κ3) is 1.96. The predicted octanol–water partition coefficient (Wildman–Crippen LogP) is 2.12. The Hall–Kier alpha value is -2.43. The molecule has 1 aliphatic heterocycles. The molecule has 0 aromatic heterocycles. The van der Waals surface area contributed by atoms with E-state index >= 15 is 0 Å². The largest absolute Gasteiger partial charge is 0.714 e. The smallest absolute Gasteiger partial charge is 0.316 e. The quantitative estimate of drug-likeness (QED) is 0.450. The van der Waals surface area contributed by atoms with Gasteiger partial charge in [0.05, 0.1) is 5.56 Å². The van der Waals surface area contributed by atoms with Crippen molar-refractivity contribution in [1.29, 1.82) is 0 Å². The first-order valence-electron chi connectivity index (χ1n) is 6.57. The third-order valence-corrected chi connectivity index (χ3v) is 4.42. The molecule has 1 heterocycles. The van der Waals surface area contributed by atoms with Gasteiger partial charge in [-0.1, -0.05) is 16.9 Å². The molecule has 2 rings (SSSR count). The van der Waals surface area contributed by atoms with E-state index in [1.54, 1.807) is 45.9 Å². The van der Waals surface area contributed by atoms with Gasteiger partial charge >= 0.3 is 5.84 Å². The van der Waals surface area contributed by atoms with Crippen LogP contribution in [0.2, 0.25) is 0 Å². The first-order valence-corrected chi connectivity index (χ1v) is 6.57. The highest BCUT2D eigenvalue weighted by Crippen LogP contribution is 2.37. The molecule has 0 N–H and O–H groups in total. The molecular formula is C17H17N2O2. The summed E-state index contributed by atoms with van der Waals surface area (Å²) in [6, 6.07) is 4.92.